The standard InChI is InChI=1S/C27H30N4/c1-30-22(14-13-21-20-29-25-11-5-3-9-23(21)25)19-26(24-10-4-6-12-27(24)30)28-15-18-31-16-7-2-8-17-31/h3-6,9-14,19-20H,2,7-8,15-18H2,1H3,(H,28,29)/p+1. The number of rotatable bonds is 6. The zero-order chi connectivity index (χ0) is 21.0. The van der Waals surface area contributed by atoms with Gasteiger partial charge in [-0.1, -0.05) is 36.8 Å². The minimum absolute atomic E-state index is 0.976. The predicted octanol–water partition coefficient (Wildman–Crippen LogP) is 5.21. The quantitative estimate of drug-likeness (QED) is 0.427. The molecular weight excluding hydrogens is 380 g/mol. The number of hydrogen-bond donors (Lipinski definition) is 2. The minimum Gasteiger partial charge on any atom is -0.383 e. The molecule has 31 heavy (non-hydrogen) atoms. The number of nitrogens with zero attached hydrogens (tertiary/aromatic N) is 2. The van der Waals surface area contributed by atoms with Crippen LogP contribution in [0.5, 0.6) is 0 Å². The maximum Gasteiger partial charge on any atom is 0.214 e. The number of aryl methyl sites for hydroxylation is 1. The summed E-state index contributed by atoms with van der Waals surface area (Å²) in [5.41, 5.74) is 6.02. The van der Waals surface area contributed by atoms with Crippen LogP contribution in [0.4, 0.5) is 5.69 Å². The summed E-state index contributed by atoms with van der Waals surface area (Å²) in [6.45, 7) is 4.56. The van der Waals surface area contributed by atoms with Crippen molar-refractivity contribution in [3.63, 3.8) is 0 Å². The SMILES string of the molecule is C[n+]1c(/C=C/c2c[nH]c3ccccc23)cc(NCCN2CCCCC2)c2ccccc21. The Bertz CT molecular complexity index is 1210. The van der Waals surface area contributed by atoms with Gasteiger partial charge >= 0.3 is 0 Å². The van der Waals surface area contributed by atoms with Crippen molar-refractivity contribution in [3.8, 4) is 0 Å². The van der Waals surface area contributed by atoms with Gasteiger partial charge in [-0.2, -0.15) is 4.57 Å². The lowest BCUT2D eigenvalue weighted by Gasteiger charge is -2.26. The fraction of sp³-hybridized carbons (Fsp3) is 0.296. The van der Waals surface area contributed by atoms with E-state index in [0.717, 1.165) is 13.1 Å². The highest BCUT2D eigenvalue weighted by Crippen LogP contribution is 2.24. The molecule has 1 aliphatic rings. The van der Waals surface area contributed by atoms with Crippen molar-refractivity contribution in [2.24, 2.45) is 7.05 Å². The van der Waals surface area contributed by atoms with Crippen LogP contribution in [0.2, 0.25) is 0 Å². The Hall–Kier alpha value is -3.11. The van der Waals surface area contributed by atoms with E-state index < -0.39 is 0 Å². The van der Waals surface area contributed by atoms with Crippen molar-refractivity contribution < 1.29 is 4.57 Å². The van der Waals surface area contributed by atoms with E-state index in [1.54, 1.807) is 0 Å². The number of likely N-dealkylation sites (tertiary alicyclic amines) is 1. The molecular formula is C27H31N4+. The molecule has 1 fully saturated rings. The third kappa shape index (κ3) is 4.21. The molecule has 3 heterocycles. The van der Waals surface area contributed by atoms with Gasteiger partial charge < -0.3 is 15.2 Å². The van der Waals surface area contributed by atoms with Crippen molar-refractivity contribution in [1.82, 2.24) is 9.88 Å². The first-order valence-electron chi connectivity index (χ1n) is 11.4. The second kappa shape index (κ2) is 8.94. The average molecular weight is 412 g/mol. The molecule has 4 nitrogen and oxygen atoms in total. The highest BCUT2D eigenvalue weighted by Gasteiger charge is 2.15. The molecule has 0 spiro atoms. The number of piperidine rings is 1. The third-order valence-corrected chi connectivity index (χ3v) is 6.48. The largest absolute Gasteiger partial charge is 0.383 e. The van der Waals surface area contributed by atoms with E-state index in [4.69, 9.17) is 0 Å². The number of aromatic amines is 1. The second-order valence-electron chi connectivity index (χ2n) is 8.51. The number of para-hydroxylation sites is 2. The molecule has 0 unspecified atom stereocenters. The molecule has 0 atom stereocenters. The third-order valence-electron chi connectivity index (χ3n) is 6.48. The number of anilines is 1. The van der Waals surface area contributed by atoms with Crippen molar-refractivity contribution in [2.45, 2.75) is 19.3 Å². The number of pyridine rings is 1. The summed E-state index contributed by atoms with van der Waals surface area (Å²) in [5.74, 6) is 0. The summed E-state index contributed by atoms with van der Waals surface area (Å²) >= 11 is 0. The van der Waals surface area contributed by atoms with Gasteiger partial charge in [-0.25, -0.2) is 0 Å². The smallest absolute Gasteiger partial charge is 0.214 e. The van der Waals surface area contributed by atoms with Gasteiger partial charge in [0.25, 0.3) is 0 Å². The van der Waals surface area contributed by atoms with Crippen LogP contribution in [0, 0.1) is 0 Å². The van der Waals surface area contributed by atoms with Crippen LogP contribution in [0.15, 0.2) is 60.8 Å². The van der Waals surface area contributed by atoms with Gasteiger partial charge in [0.15, 0.2) is 0 Å². The molecule has 1 saturated heterocycles. The van der Waals surface area contributed by atoms with Gasteiger partial charge in [0.05, 0.1) is 11.1 Å². The van der Waals surface area contributed by atoms with Crippen LogP contribution in [0.3, 0.4) is 0 Å². The Labute approximate surface area is 184 Å². The molecule has 1 aliphatic heterocycles. The summed E-state index contributed by atoms with van der Waals surface area (Å²) in [5, 5.41) is 6.25. The lowest BCUT2D eigenvalue weighted by atomic mass is 10.1. The van der Waals surface area contributed by atoms with Crippen LogP contribution in [-0.4, -0.2) is 36.1 Å². The Morgan fingerprint density at radius 1 is 0.968 bits per heavy atom. The van der Waals surface area contributed by atoms with Crippen molar-refractivity contribution in [1.29, 1.82) is 0 Å². The van der Waals surface area contributed by atoms with Gasteiger partial charge in [0.2, 0.25) is 11.2 Å². The number of aromatic nitrogens is 2. The van der Waals surface area contributed by atoms with E-state index in [2.05, 4.69) is 99.8 Å². The van der Waals surface area contributed by atoms with E-state index in [1.165, 1.54) is 71.1 Å². The van der Waals surface area contributed by atoms with Crippen LogP contribution < -0.4 is 9.88 Å². The van der Waals surface area contributed by atoms with E-state index in [9.17, 15) is 0 Å². The molecule has 0 saturated carbocycles. The fourth-order valence-electron chi connectivity index (χ4n) is 4.70. The lowest BCUT2D eigenvalue weighted by Crippen LogP contribution is -2.35. The first-order chi connectivity index (χ1) is 15.3. The van der Waals surface area contributed by atoms with Gasteiger partial charge in [0.1, 0.15) is 7.05 Å². The normalized spacial score (nSPS) is 15.3. The molecule has 4 heteroatoms. The highest BCUT2D eigenvalue weighted by atomic mass is 15.1. The van der Waals surface area contributed by atoms with Crippen molar-refractivity contribution in [2.75, 3.05) is 31.5 Å². The monoisotopic (exact) mass is 411 g/mol. The Morgan fingerprint density at radius 2 is 1.74 bits per heavy atom. The minimum atomic E-state index is 0.976. The first kappa shape index (κ1) is 19.8. The van der Waals surface area contributed by atoms with E-state index in [0.29, 0.717) is 0 Å². The molecule has 0 amide bonds. The second-order valence-corrected chi connectivity index (χ2v) is 8.51. The molecule has 2 N–H and O–H groups in total. The zero-order valence-electron chi connectivity index (χ0n) is 18.3. The highest BCUT2D eigenvalue weighted by molar-refractivity contribution is 5.93. The summed E-state index contributed by atoms with van der Waals surface area (Å²) in [6, 6.07) is 19.4. The molecule has 5 rings (SSSR count). The van der Waals surface area contributed by atoms with Crippen LogP contribution in [0.25, 0.3) is 34.0 Å². The average Bonchev–Trinajstić information content (AvgIpc) is 3.24. The number of H-pyrrole nitrogens is 1. The topological polar surface area (TPSA) is 34.9 Å². The zero-order valence-corrected chi connectivity index (χ0v) is 18.3. The molecule has 0 bridgehead atoms. The lowest BCUT2D eigenvalue weighted by molar-refractivity contribution is -0.646. The molecule has 0 radical (unpaired) electrons. The number of fused-ring (bicyclic) bond motifs is 2. The molecule has 4 aromatic rings. The Morgan fingerprint density at radius 3 is 2.61 bits per heavy atom. The number of nitrogens with one attached hydrogen (secondary N) is 2. The molecule has 158 valence electrons. The van der Waals surface area contributed by atoms with Crippen LogP contribution in [0.1, 0.15) is 30.5 Å². The summed E-state index contributed by atoms with van der Waals surface area (Å²) in [7, 11) is 2.15. The van der Waals surface area contributed by atoms with E-state index in [1.807, 2.05) is 0 Å². The molecule has 2 aromatic carbocycles. The van der Waals surface area contributed by atoms with Gasteiger partial charge in [0, 0.05) is 48.4 Å². The molecule has 0 aliphatic carbocycles. The molecule has 2 aromatic heterocycles. The predicted molar refractivity (Wildman–Crippen MR) is 131 cm³/mol. The van der Waals surface area contributed by atoms with Crippen molar-refractivity contribution >= 4 is 39.6 Å². The first-order valence-corrected chi connectivity index (χ1v) is 11.4. The summed E-state index contributed by atoms with van der Waals surface area (Å²) in [6.07, 6.45) is 10.6. The number of benzene rings is 2. The summed E-state index contributed by atoms with van der Waals surface area (Å²) in [4.78, 5) is 5.95. The maximum absolute atomic E-state index is 3.73. The maximum atomic E-state index is 3.73. The summed E-state index contributed by atoms with van der Waals surface area (Å²) < 4.78 is 2.27. The van der Waals surface area contributed by atoms with Crippen molar-refractivity contribution in [3.05, 3.63) is 72.1 Å². The van der Waals surface area contributed by atoms with Crippen LogP contribution >= 0.6 is 0 Å². The van der Waals surface area contributed by atoms with E-state index in [-0.39, 0.29) is 0 Å². The van der Waals surface area contributed by atoms with Gasteiger partial charge in [-0.3, -0.25) is 0 Å². The van der Waals surface area contributed by atoms with Crippen LogP contribution in [-0.2, 0) is 7.05 Å². The van der Waals surface area contributed by atoms with Gasteiger partial charge in [-0.15, -0.1) is 0 Å². The Balaban J connectivity index is 1.43. The van der Waals surface area contributed by atoms with E-state index >= 15 is 0 Å². The Kier molecular flexibility index (Phi) is 5.72. The fourth-order valence-corrected chi connectivity index (χ4v) is 4.70. The van der Waals surface area contributed by atoms with Gasteiger partial charge in [-0.05, 0) is 49.7 Å². The number of hydrogen-bond acceptors (Lipinski definition) is 2.